The lowest BCUT2D eigenvalue weighted by Crippen LogP contribution is -2.17. The summed E-state index contributed by atoms with van der Waals surface area (Å²) in [5.41, 5.74) is 2.55. The van der Waals surface area contributed by atoms with Crippen molar-refractivity contribution < 1.29 is 13.9 Å². The van der Waals surface area contributed by atoms with Crippen LogP contribution in [0.15, 0.2) is 59.1 Å². The summed E-state index contributed by atoms with van der Waals surface area (Å²) in [6.07, 6.45) is 0.619. The second-order valence-electron chi connectivity index (χ2n) is 6.65. The van der Waals surface area contributed by atoms with E-state index in [2.05, 4.69) is 21.2 Å². The maximum absolute atomic E-state index is 13.7. The van der Waals surface area contributed by atoms with Gasteiger partial charge in [-0.2, -0.15) is 0 Å². The van der Waals surface area contributed by atoms with E-state index in [1.807, 2.05) is 24.3 Å². The molecule has 0 aliphatic heterocycles. The standard InChI is InChI=1S/C23H21BrCl2FNO2.ClH/c1-29-22-11-15(13-28-9-8-16-4-2-3-5-21(16)27)10-19(24)23(22)30-14-17-6-7-18(25)12-20(17)26;/h2-7,10-12,28H,8-9,13-14H2,1H3;1H. The molecule has 0 heterocycles. The van der Waals surface area contributed by atoms with Gasteiger partial charge in [-0.15, -0.1) is 12.4 Å². The topological polar surface area (TPSA) is 30.5 Å². The van der Waals surface area contributed by atoms with Gasteiger partial charge in [-0.3, -0.25) is 0 Å². The highest BCUT2D eigenvalue weighted by Crippen LogP contribution is 2.37. The van der Waals surface area contributed by atoms with Crippen molar-refractivity contribution in [2.45, 2.75) is 19.6 Å². The smallest absolute Gasteiger partial charge is 0.175 e. The number of methoxy groups -OCH3 is 1. The van der Waals surface area contributed by atoms with Crippen molar-refractivity contribution in [2.24, 2.45) is 0 Å². The van der Waals surface area contributed by atoms with Gasteiger partial charge in [-0.25, -0.2) is 4.39 Å². The van der Waals surface area contributed by atoms with Crippen LogP contribution in [0, 0.1) is 5.82 Å². The van der Waals surface area contributed by atoms with Crippen LogP contribution in [0.2, 0.25) is 10.0 Å². The molecule has 0 radical (unpaired) electrons. The van der Waals surface area contributed by atoms with Gasteiger partial charge >= 0.3 is 0 Å². The van der Waals surface area contributed by atoms with Gasteiger partial charge < -0.3 is 14.8 Å². The molecule has 0 bridgehead atoms. The Labute approximate surface area is 206 Å². The van der Waals surface area contributed by atoms with Gasteiger partial charge in [0.25, 0.3) is 0 Å². The fourth-order valence-electron chi connectivity index (χ4n) is 2.96. The Balaban J connectivity index is 0.00000341. The summed E-state index contributed by atoms with van der Waals surface area (Å²) in [6.45, 7) is 1.56. The van der Waals surface area contributed by atoms with Gasteiger partial charge in [0.2, 0.25) is 0 Å². The Kier molecular flexibility index (Phi) is 10.4. The van der Waals surface area contributed by atoms with Gasteiger partial charge in [0.15, 0.2) is 11.5 Å². The third-order valence-corrected chi connectivity index (χ3v) is 5.71. The average Bonchev–Trinajstić information content (AvgIpc) is 2.72. The van der Waals surface area contributed by atoms with Crippen LogP contribution in [0.5, 0.6) is 11.5 Å². The fourth-order valence-corrected chi connectivity index (χ4v) is 4.03. The molecule has 0 saturated heterocycles. The van der Waals surface area contributed by atoms with E-state index in [0.29, 0.717) is 46.6 Å². The molecule has 1 N–H and O–H groups in total. The number of ether oxygens (including phenoxy) is 2. The molecule has 3 aromatic carbocycles. The first kappa shape index (κ1) is 25.8. The molecule has 0 spiro atoms. The average molecular weight is 550 g/mol. The molecule has 0 fully saturated rings. The summed E-state index contributed by atoms with van der Waals surface area (Å²) in [7, 11) is 1.60. The quantitative estimate of drug-likeness (QED) is 0.286. The molecule has 8 heteroatoms. The summed E-state index contributed by atoms with van der Waals surface area (Å²) < 4.78 is 25.9. The molecule has 0 atom stereocenters. The summed E-state index contributed by atoms with van der Waals surface area (Å²) in [4.78, 5) is 0. The molecule has 0 aliphatic rings. The van der Waals surface area contributed by atoms with Crippen LogP contribution in [0.3, 0.4) is 0 Å². The maximum atomic E-state index is 13.7. The fraction of sp³-hybridized carbons (Fsp3) is 0.217. The van der Waals surface area contributed by atoms with Crippen LogP contribution in [-0.4, -0.2) is 13.7 Å². The highest BCUT2D eigenvalue weighted by Gasteiger charge is 2.13. The Bertz CT molecular complexity index is 1020. The van der Waals surface area contributed by atoms with Crippen molar-refractivity contribution in [3.8, 4) is 11.5 Å². The minimum absolute atomic E-state index is 0. The third kappa shape index (κ3) is 7.26. The van der Waals surface area contributed by atoms with Crippen molar-refractivity contribution in [1.29, 1.82) is 0 Å². The molecule has 0 aromatic heterocycles. The number of benzene rings is 3. The van der Waals surface area contributed by atoms with Crippen LogP contribution in [-0.2, 0) is 19.6 Å². The molecule has 0 saturated carbocycles. The molecular formula is C23H22BrCl3FNO2. The highest BCUT2D eigenvalue weighted by atomic mass is 79.9. The first-order chi connectivity index (χ1) is 14.5. The lowest BCUT2D eigenvalue weighted by molar-refractivity contribution is 0.282. The van der Waals surface area contributed by atoms with E-state index in [1.54, 1.807) is 31.4 Å². The minimum Gasteiger partial charge on any atom is -0.493 e. The number of nitrogens with one attached hydrogen (secondary N) is 1. The van der Waals surface area contributed by atoms with E-state index in [4.69, 9.17) is 32.7 Å². The molecule has 0 unspecified atom stereocenters. The van der Waals surface area contributed by atoms with Gasteiger partial charge in [0, 0.05) is 22.2 Å². The van der Waals surface area contributed by atoms with Crippen LogP contribution in [0.4, 0.5) is 4.39 Å². The zero-order chi connectivity index (χ0) is 21.5. The predicted molar refractivity (Wildman–Crippen MR) is 131 cm³/mol. The molecule has 3 nitrogen and oxygen atoms in total. The molecule has 31 heavy (non-hydrogen) atoms. The zero-order valence-electron chi connectivity index (χ0n) is 16.8. The Morgan fingerprint density at radius 3 is 2.52 bits per heavy atom. The maximum Gasteiger partial charge on any atom is 0.175 e. The first-order valence-electron chi connectivity index (χ1n) is 9.35. The largest absolute Gasteiger partial charge is 0.493 e. The third-order valence-electron chi connectivity index (χ3n) is 4.53. The first-order valence-corrected chi connectivity index (χ1v) is 10.9. The van der Waals surface area contributed by atoms with Gasteiger partial charge in [0.05, 0.1) is 11.6 Å². The van der Waals surface area contributed by atoms with E-state index in [-0.39, 0.29) is 24.8 Å². The predicted octanol–water partition coefficient (Wildman–Crippen LogP) is 7.24. The monoisotopic (exact) mass is 547 g/mol. The number of rotatable bonds is 9. The van der Waals surface area contributed by atoms with E-state index in [1.165, 1.54) is 6.07 Å². The van der Waals surface area contributed by atoms with Gasteiger partial charge in [-0.1, -0.05) is 47.5 Å². The number of halogens is 5. The van der Waals surface area contributed by atoms with Gasteiger partial charge in [-0.05, 0) is 70.4 Å². The number of hydrogen-bond acceptors (Lipinski definition) is 3. The van der Waals surface area contributed by atoms with Crippen molar-refractivity contribution in [1.82, 2.24) is 5.32 Å². The summed E-state index contributed by atoms with van der Waals surface area (Å²) in [5, 5.41) is 4.46. The highest BCUT2D eigenvalue weighted by molar-refractivity contribution is 9.10. The normalized spacial score (nSPS) is 10.5. The summed E-state index contributed by atoms with van der Waals surface area (Å²) in [5.74, 6) is 1.03. The lowest BCUT2D eigenvalue weighted by atomic mass is 10.1. The van der Waals surface area contributed by atoms with Crippen molar-refractivity contribution in [3.63, 3.8) is 0 Å². The summed E-state index contributed by atoms with van der Waals surface area (Å²) >= 11 is 15.7. The second-order valence-corrected chi connectivity index (χ2v) is 8.35. The van der Waals surface area contributed by atoms with E-state index >= 15 is 0 Å². The molecule has 3 aromatic rings. The number of hydrogen-bond donors (Lipinski definition) is 1. The van der Waals surface area contributed by atoms with Crippen LogP contribution >= 0.6 is 51.5 Å². The second kappa shape index (κ2) is 12.5. The molecule has 0 amide bonds. The summed E-state index contributed by atoms with van der Waals surface area (Å²) in [6, 6.07) is 16.0. The van der Waals surface area contributed by atoms with Crippen molar-refractivity contribution in [3.05, 3.63) is 91.6 Å². The molecular weight excluding hydrogens is 528 g/mol. The zero-order valence-corrected chi connectivity index (χ0v) is 20.7. The van der Waals surface area contributed by atoms with Crippen LogP contribution < -0.4 is 14.8 Å². The Hall–Kier alpha value is -1.50. The lowest BCUT2D eigenvalue weighted by Gasteiger charge is -2.15. The Morgan fingerprint density at radius 1 is 1.03 bits per heavy atom. The van der Waals surface area contributed by atoms with Gasteiger partial charge in [0.1, 0.15) is 12.4 Å². The van der Waals surface area contributed by atoms with E-state index < -0.39 is 0 Å². The van der Waals surface area contributed by atoms with E-state index in [0.717, 1.165) is 15.6 Å². The molecule has 3 rings (SSSR count). The minimum atomic E-state index is -0.175. The van der Waals surface area contributed by atoms with Crippen molar-refractivity contribution in [2.75, 3.05) is 13.7 Å². The van der Waals surface area contributed by atoms with Crippen molar-refractivity contribution >= 4 is 51.5 Å². The Morgan fingerprint density at radius 2 is 1.81 bits per heavy atom. The van der Waals surface area contributed by atoms with E-state index in [9.17, 15) is 4.39 Å². The molecule has 166 valence electrons. The SMILES string of the molecule is COc1cc(CNCCc2ccccc2F)cc(Br)c1OCc1ccc(Cl)cc1Cl.Cl. The molecule has 0 aliphatic carbocycles. The van der Waals surface area contributed by atoms with Crippen LogP contribution in [0.25, 0.3) is 0 Å². The van der Waals surface area contributed by atoms with Crippen LogP contribution in [0.1, 0.15) is 16.7 Å².